The summed E-state index contributed by atoms with van der Waals surface area (Å²) in [5, 5.41) is 9.79. The van der Waals surface area contributed by atoms with Crippen molar-refractivity contribution in [1.82, 2.24) is 15.2 Å². The molecule has 0 unspecified atom stereocenters. The maximum absolute atomic E-state index is 4.47. The van der Waals surface area contributed by atoms with Crippen molar-refractivity contribution in [1.29, 1.82) is 0 Å². The highest BCUT2D eigenvalue weighted by Gasteiger charge is 2.25. The molecule has 0 aliphatic heterocycles. The highest BCUT2D eigenvalue weighted by Crippen LogP contribution is 2.40. The number of hydrogen-bond donors (Lipinski definition) is 1. The number of aromatic nitrogens is 3. The molecule has 88 valence electrons. The van der Waals surface area contributed by atoms with Crippen LogP contribution < -0.4 is 0 Å². The Kier molecular flexibility index (Phi) is 2.11. The molecule has 0 amide bonds. The van der Waals surface area contributed by atoms with E-state index >= 15 is 0 Å². The molecule has 0 saturated heterocycles. The van der Waals surface area contributed by atoms with Crippen molar-refractivity contribution in [2.45, 2.75) is 12.8 Å². The van der Waals surface area contributed by atoms with E-state index in [-0.39, 0.29) is 0 Å². The molecule has 0 fully saturated rings. The number of nitrogens with zero attached hydrogens (tertiary/aromatic N) is 2. The normalized spacial score (nSPS) is 12.4. The maximum atomic E-state index is 4.47. The van der Waals surface area contributed by atoms with E-state index in [9.17, 15) is 0 Å². The lowest BCUT2D eigenvalue weighted by Gasteiger charge is -2.00. The molecule has 0 saturated carbocycles. The number of fused-ring (bicyclic) bond motifs is 3. The smallest absolute Gasteiger partial charge is 0.0970 e. The Morgan fingerprint density at radius 3 is 3.22 bits per heavy atom. The molecular weight excluding hydrogens is 242 g/mol. The molecular formula is C14H11N3S. The van der Waals surface area contributed by atoms with Crippen molar-refractivity contribution in [2.24, 2.45) is 0 Å². The predicted molar refractivity (Wildman–Crippen MR) is 71.7 cm³/mol. The molecule has 3 aromatic heterocycles. The second-order valence-corrected chi connectivity index (χ2v) is 5.50. The van der Waals surface area contributed by atoms with Crippen LogP contribution in [0.15, 0.2) is 36.0 Å². The number of nitrogens with one attached hydrogen (secondary N) is 1. The highest BCUT2D eigenvalue weighted by molar-refractivity contribution is 7.10. The minimum absolute atomic E-state index is 0.880. The summed E-state index contributed by atoms with van der Waals surface area (Å²) in [7, 11) is 0. The zero-order valence-electron chi connectivity index (χ0n) is 9.68. The van der Waals surface area contributed by atoms with Crippen LogP contribution in [0.2, 0.25) is 0 Å². The monoisotopic (exact) mass is 253 g/mol. The van der Waals surface area contributed by atoms with Crippen LogP contribution in [-0.4, -0.2) is 15.2 Å². The highest BCUT2D eigenvalue weighted by atomic mass is 32.1. The van der Waals surface area contributed by atoms with Gasteiger partial charge in [0.2, 0.25) is 0 Å². The van der Waals surface area contributed by atoms with Gasteiger partial charge >= 0.3 is 0 Å². The average molecular weight is 253 g/mol. The van der Waals surface area contributed by atoms with E-state index < -0.39 is 0 Å². The quantitative estimate of drug-likeness (QED) is 0.596. The Bertz CT molecular complexity index is 697. The number of aromatic amines is 1. The van der Waals surface area contributed by atoms with Crippen LogP contribution in [-0.2, 0) is 12.8 Å². The molecule has 1 aliphatic rings. The summed E-state index contributed by atoms with van der Waals surface area (Å²) in [5.74, 6) is 0. The van der Waals surface area contributed by atoms with Crippen molar-refractivity contribution in [2.75, 3.05) is 0 Å². The van der Waals surface area contributed by atoms with Gasteiger partial charge in [-0.1, -0.05) is 6.07 Å². The maximum Gasteiger partial charge on any atom is 0.0970 e. The summed E-state index contributed by atoms with van der Waals surface area (Å²) in [5.41, 5.74) is 6.26. The summed E-state index contributed by atoms with van der Waals surface area (Å²) in [6.07, 6.45) is 5.62. The number of pyridine rings is 1. The van der Waals surface area contributed by atoms with Gasteiger partial charge in [0.05, 0.1) is 5.69 Å². The molecule has 4 rings (SSSR count). The van der Waals surface area contributed by atoms with Crippen LogP contribution in [0, 0.1) is 0 Å². The first kappa shape index (κ1) is 10.0. The Morgan fingerprint density at radius 1 is 1.33 bits per heavy atom. The van der Waals surface area contributed by atoms with Gasteiger partial charge in [0.1, 0.15) is 0 Å². The van der Waals surface area contributed by atoms with Crippen molar-refractivity contribution in [3.05, 3.63) is 57.7 Å². The SMILES string of the molecule is c1cncc(Cc2[nH]nc3c2Cc2sccc2-3)c1. The fourth-order valence-electron chi connectivity index (χ4n) is 2.52. The zero-order valence-corrected chi connectivity index (χ0v) is 10.5. The Hall–Kier alpha value is -1.94. The molecule has 0 bridgehead atoms. The van der Waals surface area contributed by atoms with Gasteiger partial charge in [0, 0.05) is 46.9 Å². The Morgan fingerprint density at radius 2 is 2.33 bits per heavy atom. The number of rotatable bonds is 2. The minimum atomic E-state index is 0.880. The molecule has 18 heavy (non-hydrogen) atoms. The van der Waals surface area contributed by atoms with Gasteiger partial charge in [-0.2, -0.15) is 5.10 Å². The molecule has 3 heterocycles. The van der Waals surface area contributed by atoms with E-state index in [1.165, 1.54) is 27.3 Å². The van der Waals surface area contributed by atoms with Crippen LogP contribution >= 0.6 is 11.3 Å². The number of H-pyrrole nitrogens is 1. The first-order valence-corrected chi connectivity index (χ1v) is 6.81. The molecule has 0 atom stereocenters. The zero-order chi connectivity index (χ0) is 11.9. The second-order valence-electron chi connectivity index (χ2n) is 4.50. The molecule has 0 radical (unpaired) electrons. The Balaban J connectivity index is 1.72. The summed E-state index contributed by atoms with van der Waals surface area (Å²) < 4.78 is 0. The van der Waals surface area contributed by atoms with E-state index in [0.29, 0.717) is 0 Å². The third-order valence-corrected chi connectivity index (χ3v) is 4.32. The molecule has 3 aromatic rings. The summed E-state index contributed by atoms with van der Waals surface area (Å²) in [6, 6.07) is 6.24. The van der Waals surface area contributed by atoms with Crippen LogP contribution in [0.3, 0.4) is 0 Å². The predicted octanol–water partition coefficient (Wildman–Crippen LogP) is 3.03. The van der Waals surface area contributed by atoms with Gasteiger partial charge < -0.3 is 0 Å². The number of hydrogen-bond acceptors (Lipinski definition) is 3. The van der Waals surface area contributed by atoms with Gasteiger partial charge in [0.25, 0.3) is 0 Å². The molecule has 3 nitrogen and oxygen atoms in total. The first-order valence-electron chi connectivity index (χ1n) is 5.93. The molecule has 0 aromatic carbocycles. The topological polar surface area (TPSA) is 41.6 Å². The summed E-state index contributed by atoms with van der Waals surface area (Å²) in [6.45, 7) is 0. The number of thiophene rings is 1. The average Bonchev–Trinajstić information content (AvgIpc) is 3.04. The summed E-state index contributed by atoms with van der Waals surface area (Å²) in [4.78, 5) is 5.59. The van der Waals surface area contributed by atoms with Gasteiger partial charge in [-0.3, -0.25) is 10.1 Å². The fraction of sp³-hybridized carbons (Fsp3) is 0.143. The van der Waals surface area contributed by atoms with Crippen LogP contribution in [0.25, 0.3) is 11.3 Å². The van der Waals surface area contributed by atoms with E-state index in [2.05, 4.69) is 32.7 Å². The molecule has 1 aliphatic carbocycles. The summed E-state index contributed by atoms with van der Waals surface area (Å²) >= 11 is 1.82. The van der Waals surface area contributed by atoms with Gasteiger partial charge in [0.15, 0.2) is 0 Å². The van der Waals surface area contributed by atoms with E-state index in [1.54, 1.807) is 6.20 Å². The molecule has 1 N–H and O–H groups in total. The van der Waals surface area contributed by atoms with Crippen molar-refractivity contribution >= 4 is 11.3 Å². The van der Waals surface area contributed by atoms with Gasteiger partial charge in [-0.05, 0) is 23.1 Å². The van der Waals surface area contributed by atoms with Gasteiger partial charge in [-0.15, -0.1) is 11.3 Å². The minimum Gasteiger partial charge on any atom is -0.281 e. The molecule has 0 spiro atoms. The standard InChI is InChI=1S/C14H11N3S/c1-2-9(8-15-4-1)6-12-11-7-13-10(3-5-18-13)14(11)17-16-12/h1-5,8H,6-7H2,(H,16,17). The lowest BCUT2D eigenvalue weighted by molar-refractivity contribution is 0.977. The van der Waals surface area contributed by atoms with E-state index in [4.69, 9.17) is 0 Å². The second kappa shape index (κ2) is 3.78. The van der Waals surface area contributed by atoms with Crippen molar-refractivity contribution in [3.8, 4) is 11.3 Å². The Labute approximate surface area is 109 Å². The third kappa shape index (κ3) is 1.42. The molecule has 4 heteroatoms. The lowest BCUT2D eigenvalue weighted by Crippen LogP contribution is -1.93. The van der Waals surface area contributed by atoms with E-state index in [0.717, 1.165) is 18.5 Å². The fourth-order valence-corrected chi connectivity index (χ4v) is 3.40. The van der Waals surface area contributed by atoms with Crippen LogP contribution in [0.1, 0.15) is 21.7 Å². The van der Waals surface area contributed by atoms with Gasteiger partial charge in [-0.25, -0.2) is 0 Å². The largest absolute Gasteiger partial charge is 0.281 e. The van der Waals surface area contributed by atoms with Crippen LogP contribution in [0.4, 0.5) is 0 Å². The van der Waals surface area contributed by atoms with Crippen molar-refractivity contribution in [3.63, 3.8) is 0 Å². The lowest BCUT2D eigenvalue weighted by atomic mass is 10.1. The van der Waals surface area contributed by atoms with E-state index in [1.807, 2.05) is 23.6 Å². The van der Waals surface area contributed by atoms with Crippen molar-refractivity contribution < 1.29 is 0 Å². The third-order valence-electron chi connectivity index (χ3n) is 3.39. The first-order chi connectivity index (χ1) is 8.92. The van der Waals surface area contributed by atoms with Crippen LogP contribution in [0.5, 0.6) is 0 Å².